The minimum Gasteiger partial charge on any atom is -0.385 e. The van der Waals surface area contributed by atoms with E-state index in [4.69, 9.17) is 9.73 Å². The lowest BCUT2D eigenvalue weighted by atomic mass is 9.67. The van der Waals surface area contributed by atoms with Gasteiger partial charge in [0.05, 0.1) is 0 Å². The number of hydrogen-bond acceptors (Lipinski definition) is 5. The summed E-state index contributed by atoms with van der Waals surface area (Å²) in [6.07, 6.45) is 7.98. The molecule has 0 saturated heterocycles. The van der Waals surface area contributed by atoms with Crippen molar-refractivity contribution in [2.24, 2.45) is 10.4 Å². The monoisotopic (exact) mass is 498 g/mol. The van der Waals surface area contributed by atoms with E-state index in [1.54, 1.807) is 18.4 Å². The highest BCUT2D eigenvalue weighted by Gasteiger charge is 2.36. The third-order valence-corrected chi connectivity index (χ3v) is 6.47. The predicted molar refractivity (Wildman–Crippen MR) is 120 cm³/mol. The quantitative estimate of drug-likeness (QED) is 0.159. The highest BCUT2D eigenvalue weighted by molar-refractivity contribution is 14.0. The average Bonchev–Trinajstić information content (AvgIpc) is 3.06. The summed E-state index contributed by atoms with van der Waals surface area (Å²) in [5, 5.41) is 8.83. The van der Waals surface area contributed by atoms with Crippen LogP contribution in [-0.2, 0) is 4.74 Å². The Morgan fingerprint density at radius 1 is 1.44 bits per heavy atom. The number of rotatable bonds is 11. The van der Waals surface area contributed by atoms with Gasteiger partial charge in [-0.05, 0) is 38.0 Å². The van der Waals surface area contributed by atoms with Crippen LogP contribution in [0.3, 0.4) is 0 Å². The van der Waals surface area contributed by atoms with Gasteiger partial charge >= 0.3 is 0 Å². The van der Waals surface area contributed by atoms with Crippen molar-refractivity contribution in [3.63, 3.8) is 0 Å². The second-order valence-electron chi connectivity index (χ2n) is 6.22. The Hall–Kier alpha value is -0.0600. The van der Waals surface area contributed by atoms with E-state index in [2.05, 4.69) is 22.5 Å². The Balaban J connectivity index is 0.00000312. The Morgan fingerprint density at radius 3 is 2.88 bits per heavy atom. The lowest BCUT2D eigenvalue weighted by molar-refractivity contribution is 0.0778. The van der Waals surface area contributed by atoms with Gasteiger partial charge in [-0.2, -0.15) is 0 Å². The van der Waals surface area contributed by atoms with Crippen LogP contribution in [0.4, 0.5) is 0 Å². The van der Waals surface area contributed by atoms with Crippen molar-refractivity contribution in [2.45, 2.75) is 43.4 Å². The van der Waals surface area contributed by atoms with Crippen molar-refractivity contribution in [3.8, 4) is 0 Å². The predicted octanol–water partition coefficient (Wildman–Crippen LogP) is 4.01. The Labute approximate surface area is 177 Å². The molecule has 0 aliphatic heterocycles. The lowest BCUT2D eigenvalue weighted by Gasteiger charge is -2.40. The van der Waals surface area contributed by atoms with Crippen LogP contribution in [0, 0.1) is 5.41 Å². The molecular weight excluding hydrogens is 467 g/mol. The lowest BCUT2D eigenvalue weighted by Crippen LogP contribution is -2.40. The number of thioether (sulfide) groups is 1. The molecule has 1 aromatic rings. The molecule has 1 aliphatic carbocycles. The minimum absolute atomic E-state index is 0. The molecule has 1 fully saturated rings. The average molecular weight is 498 g/mol. The standard InChI is InChI=1S/C17H30N4OS2.HI/c1-3-18-15(19-9-5-12-23-16-20-10-13-24-16)21-14-17(6-4-7-17)8-11-22-2;/h10,13H,3-9,11-12,14H2,1-2H3,(H2,18,19,21);1H. The summed E-state index contributed by atoms with van der Waals surface area (Å²) < 4.78 is 6.42. The van der Waals surface area contributed by atoms with Crippen molar-refractivity contribution >= 4 is 53.0 Å². The third-order valence-electron chi connectivity index (χ3n) is 4.42. The number of nitrogens with zero attached hydrogens (tertiary/aromatic N) is 2. The van der Waals surface area contributed by atoms with Crippen molar-refractivity contribution in [1.29, 1.82) is 0 Å². The topological polar surface area (TPSA) is 58.5 Å². The van der Waals surface area contributed by atoms with E-state index in [0.29, 0.717) is 5.41 Å². The molecule has 0 radical (unpaired) electrons. The molecule has 5 nitrogen and oxygen atoms in total. The number of aliphatic imine (C=N–C) groups is 1. The van der Waals surface area contributed by atoms with Gasteiger partial charge < -0.3 is 15.4 Å². The van der Waals surface area contributed by atoms with E-state index < -0.39 is 0 Å². The second kappa shape index (κ2) is 13.2. The van der Waals surface area contributed by atoms with E-state index in [1.165, 1.54) is 19.3 Å². The summed E-state index contributed by atoms with van der Waals surface area (Å²) in [5.41, 5.74) is 0.374. The van der Waals surface area contributed by atoms with Crippen molar-refractivity contribution in [1.82, 2.24) is 15.6 Å². The number of ether oxygens (including phenoxy) is 1. The largest absolute Gasteiger partial charge is 0.385 e. The van der Waals surface area contributed by atoms with Crippen LogP contribution in [0.5, 0.6) is 0 Å². The Bertz CT molecular complexity index is 481. The molecule has 1 aromatic heterocycles. The summed E-state index contributed by atoms with van der Waals surface area (Å²) in [6, 6.07) is 0. The summed E-state index contributed by atoms with van der Waals surface area (Å²) in [5.74, 6) is 2.03. The molecule has 2 N–H and O–H groups in total. The molecule has 0 amide bonds. The fourth-order valence-electron chi connectivity index (χ4n) is 2.79. The minimum atomic E-state index is 0. The van der Waals surface area contributed by atoms with Gasteiger partial charge in [0.15, 0.2) is 5.96 Å². The van der Waals surface area contributed by atoms with E-state index in [0.717, 1.165) is 55.1 Å². The first-order valence-electron chi connectivity index (χ1n) is 8.81. The summed E-state index contributed by atoms with van der Waals surface area (Å²) in [4.78, 5) is 9.12. The van der Waals surface area contributed by atoms with Gasteiger partial charge in [-0.25, -0.2) is 4.98 Å². The normalized spacial score (nSPS) is 16.0. The fraction of sp³-hybridized carbons (Fsp3) is 0.765. The number of hydrogen-bond donors (Lipinski definition) is 2. The van der Waals surface area contributed by atoms with Crippen LogP contribution in [0.15, 0.2) is 20.9 Å². The Morgan fingerprint density at radius 2 is 2.28 bits per heavy atom. The van der Waals surface area contributed by atoms with Gasteiger partial charge in [0.25, 0.3) is 0 Å². The van der Waals surface area contributed by atoms with Crippen LogP contribution in [0.25, 0.3) is 0 Å². The molecule has 0 unspecified atom stereocenters. The maximum Gasteiger partial charge on any atom is 0.191 e. The zero-order valence-electron chi connectivity index (χ0n) is 15.3. The zero-order chi connectivity index (χ0) is 17.1. The first kappa shape index (κ1) is 23.0. The van der Waals surface area contributed by atoms with Gasteiger partial charge in [0.2, 0.25) is 0 Å². The smallest absolute Gasteiger partial charge is 0.191 e. The van der Waals surface area contributed by atoms with Gasteiger partial charge in [-0.15, -0.1) is 35.3 Å². The molecule has 25 heavy (non-hydrogen) atoms. The van der Waals surface area contributed by atoms with Crippen LogP contribution in [0.1, 0.15) is 39.0 Å². The van der Waals surface area contributed by atoms with E-state index in [9.17, 15) is 0 Å². The number of nitrogens with one attached hydrogen (secondary N) is 2. The number of aromatic nitrogens is 1. The van der Waals surface area contributed by atoms with Gasteiger partial charge in [0.1, 0.15) is 4.34 Å². The van der Waals surface area contributed by atoms with E-state index in [1.807, 2.05) is 23.3 Å². The molecule has 2 rings (SSSR count). The van der Waals surface area contributed by atoms with Crippen LogP contribution < -0.4 is 10.6 Å². The molecule has 8 heteroatoms. The number of guanidine groups is 1. The van der Waals surface area contributed by atoms with E-state index in [-0.39, 0.29) is 24.0 Å². The van der Waals surface area contributed by atoms with E-state index >= 15 is 0 Å². The van der Waals surface area contributed by atoms with Crippen molar-refractivity contribution < 1.29 is 4.74 Å². The Kier molecular flexibility index (Phi) is 12.1. The second-order valence-corrected chi connectivity index (χ2v) is 8.45. The number of thiazole rings is 1. The molecule has 1 saturated carbocycles. The highest BCUT2D eigenvalue weighted by Crippen LogP contribution is 2.44. The maximum atomic E-state index is 5.26. The van der Waals surface area contributed by atoms with Crippen LogP contribution in [0.2, 0.25) is 0 Å². The zero-order valence-corrected chi connectivity index (χ0v) is 19.2. The van der Waals surface area contributed by atoms with Gasteiger partial charge in [-0.3, -0.25) is 4.99 Å². The van der Waals surface area contributed by atoms with Crippen molar-refractivity contribution in [3.05, 3.63) is 11.6 Å². The molecule has 144 valence electrons. The molecule has 0 bridgehead atoms. The van der Waals surface area contributed by atoms with Crippen molar-refractivity contribution in [2.75, 3.05) is 39.1 Å². The van der Waals surface area contributed by atoms with Crippen LogP contribution in [-0.4, -0.2) is 50.0 Å². The number of methoxy groups -OCH3 is 1. The summed E-state index contributed by atoms with van der Waals surface area (Å²) in [7, 11) is 1.78. The number of halogens is 1. The summed E-state index contributed by atoms with van der Waals surface area (Å²) >= 11 is 3.53. The maximum absolute atomic E-state index is 5.26. The van der Waals surface area contributed by atoms with Crippen LogP contribution >= 0.6 is 47.1 Å². The molecule has 0 atom stereocenters. The molecule has 1 heterocycles. The third kappa shape index (κ3) is 8.45. The van der Waals surface area contributed by atoms with Gasteiger partial charge in [0, 0.05) is 50.7 Å². The van der Waals surface area contributed by atoms with Gasteiger partial charge in [-0.1, -0.05) is 18.2 Å². The highest BCUT2D eigenvalue weighted by atomic mass is 127. The summed E-state index contributed by atoms with van der Waals surface area (Å²) in [6.45, 7) is 5.69. The molecule has 0 spiro atoms. The molecule has 1 aliphatic rings. The molecular formula is C17H31IN4OS2. The fourth-order valence-corrected chi connectivity index (χ4v) is 4.44. The first-order valence-corrected chi connectivity index (χ1v) is 10.7. The first-order chi connectivity index (χ1) is 11.8. The SMILES string of the molecule is CCNC(=NCC1(CCOC)CCC1)NCCCSc1nccs1.I. The molecule has 0 aromatic carbocycles.